The summed E-state index contributed by atoms with van der Waals surface area (Å²) in [5, 5.41) is 23.8. The normalized spacial score (nSPS) is 16.5. The first kappa shape index (κ1) is 34.9. The topological polar surface area (TPSA) is 147 Å². The zero-order valence-corrected chi connectivity index (χ0v) is 29.1. The summed E-state index contributed by atoms with van der Waals surface area (Å²) in [7, 11) is 1.90. The number of Topliss-reactive ketones (excluding diaryl/α,β-unsaturated/α-hetero) is 1. The number of hydrogen-bond donors (Lipinski definition) is 3. The van der Waals surface area contributed by atoms with Crippen LogP contribution in [0.5, 0.6) is 5.75 Å². The molecule has 3 heterocycles. The molecule has 2 amide bonds. The third-order valence-corrected chi connectivity index (χ3v) is 8.48. The molecule has 0 saturated heterocycles. The van der Waals surface area contributed by atoms with Crippen LogP contribution in [0.2, 0.25) is 0 Å². The lowest BCUT2D eigenvalue weighted by atomic mass is 9.85. The van der Waals surface area contributed by atoms with Crippen molar-refractivity contribution in [3.8, 4) is 5.75 Å². The van der Waals surface area contributed by atoms with Crippen molar-refractivity contribution in [2.75, 3.05) is 32.1 Å². The first-order chi connectivity index (χ1) is 22.7. The van der Waals surface area contributed by atoms with E-state index in [0.29, 0.717) is 38.0 Å². The number of hydrogen-bond acceptors (Lipinski definition) is 9. The van der Waals surface area contributed by atoms with Crippen molar-refractivity contribution >= 4 is 23.3 Å². The third kappa shape index (κ3) is 8.35. The molecule has 5 rings (SSSR count). The highest BCUT2D eigenvalue weighted by atomic mass is 16.5. The SMILES string of the molecule is CN(CCO)CCCC(=O)c1nc(NC(=O)N[C@H]2CC[C@@H](Oc3ccc4nnc(C(C)(C)C)n4c3)c3ccccc32)cc(C(C)(C)C)n1. The van der Waals surface area contributed by atoms with E-state index in [1.54, 1.807) is 6.07 Å². The summed E-state index contributed by atoms with van der Waals surface area (Å²) >= 11 is 0. The monoisotopic (exact) mass is 656 g/mol. The first-order valence-electron chi connectivity index (χ1n) is 16.6. The minimum absolute atomic E-state index is 0.0687. The van der Waals surface area contributed by atoms with Gasteiger partial charge in [0.25, 0.3) is 0 Å². The van der Waals surface area contributed by atoms with Gasteiger partial charge in [0.05, 0.1) is 24.5 Å². The predicted molar refractivity (Wildman–Crippen MR) is 185 cm³/mol. The molecule has 0 bridgehead atoms. The number of pyridine rings is 1. The molecule has 256 valence electrons. The molecule has 1 aliphatic carbocycles. The number of aromatic nitrogens is 5. The van der Waals surface area contributed by atoms with Crippen molar-refractivity contribution < 1.29 is 19.4 Å². The smallest absolute Gasteiger partial charge is 0.320 e. The Hall–Kier alpha value is -4.42. The Morgan fingerprint density at radius 1 is 0.979 bits per heavy atom. The quantitative estimate of drug-likeness (QED) is 0.171. The molecule has 3 aromatic heterocycles. The van der Waals surface area contributed by atoms with E-state index in [4.69, 9.17) is 9.84 Å². The maximum Gasteiger partial charge on any atom is 0.320 e. The Morgan fingerprint density at radius 2 is 1.73 bits per heavy atom. The van der Waals surface area contributed by atoms with Gasteiger partial charge in [-0.1, -0.05) is 65.8 Å². The molecule has 0 fully saturated rings. The van der Waals surface area contributed by atoms with Gasteiger partial charge < -0.3 is 20.1 Å². The summed E-state index contributed by atoms with van der Waals surface area (Å²) in [5.74, 6) is 1.76. The van der Waals surface area contributed by atoms with Gasteiger partial charge in [0.15, 0.2) is 17.3 Å². The minimum atomic E-state index is -0.412. The highest BCUT2D eigenvalue weighted by Crippen LogP contribution is 2.39. The summed E-state index contributed by atoms with van der Waals surface area (Å²) in [6.45, 7) is 13.6. The Balaban J connectivity index is 1.29. The van der Waals surface area contributed by atoms with Crippen LogP contribution in [0, 0.1) is 0 Å². The third-order valence-electron chi connectivity index (χ3n) is 8.48. The average Bonchev–Trinajstić information content (AvgIpc) is 3.46. The van der Waals surface area contributed by atoms with Gasteiger partial charge in [0.2, 0.25) is 0 Å². The van der Waals surface area contributed by atoms with Gasteiger partial charge in [-0.2, -0.15) is 0 Å². The second-order valence-corrected chi connectivity index (χ2v) is 14.6. The molecular formula is C36H48N8O4. The average molecular weight is 657 g/mol. The summed E-state index contributed by atoms with van der Waals surface area (Å²) in [6, 6.07) is 12.9. The van der Waals surface area contributed by atoms with E-state index in [1.807, 2.05) is 79.7 Å². The molecule has 48 heavy (non-hydrogen) atoms. The summed E-state index contributed by atoms with van der Waals surface area (Å²) in [4.78, 5) is 37.4. The second-order valence-electron chi connectivity index (χ2n) is 14.6. The van der Waals surface area contributed by atoms with Crippen molar-refractivity contribution in [1.29, 1.82) is 0 Å². The standard InChI is InChI=1S/C36H48N8O4/c1-35(2,3)29-21-30(39-32(38-29)27(46)13-10-18-43(7)19-20-45)40-34(47)37-26-15-16-28(25-12-9-8-11-24(25)26)48-23-14-17-31-41-42-33(36(4,5)6)44(31)22-23/h8-9,11-12,14,17,21-22,26,28,45H,10,13,15-16,18-20H2,1-7H3,(H2,37,38,39,40,47)/t26-,28+/m0/s1. The van der Waals surface area contributed by atoms with Gasteiger partial charge in [-0.3, -0.25) is 14.5 Å². The van der Waals surface area contributed by atoms with Crippen LogP contribution in [0.3, 0.4) is 0 Å². The van der Waals surface area contributed by atoms with E-state index < -0.39 is 6.03 Å². The fourth-order valence-electron chi connectivity index (χ4n) is 5.87. The van der Waals surface area contributed by atoms with Crippen LogP contribution in [-0.4, -0.2) is 73.1 Å². The summed E-state index contributed by atoms with van der Waals surface area (Å²) in [5.41, 5.74) is 2.90. The van der Waals surface area contributed by atoms with Gasteiger partial charge >= 0.3 is 6.03 Å². The van der Waals surface area contributed by atoms with Crippen molar-refractivity contribution in [3.05, 3.63) is 77.1 Å². The number of nitrogens with zero attached hydrogens (tertiary/aromatic N) is 6. The number of nitrogens with one attached hydrogen (secondary N) is 2. The van der Waals surface area contributed by atoms with E-state index in [0.717, 1.165) is 28.3 Å². The Kier molecular flexibility index (Phi) is 10.4. The molecule has 4 aromatic rings. The number of anilines is 1. The van der Waals surface area contributed by atoms with Crippen molar-refractivity contribution in [2.45, 2.75) is 90.2 Å². The number of carbonyl (C=O) groups is 2. The highest BCUT2D eigenvalue weighted by molar-refractivity contribution is 5.94. The lowest BCUT2D eigenvalue weighted by Crippen LogP contribution is -2.36. The zero-order chi connectivity index (χ0) is 34.6. The first-order valence-corrected chi connectivity index (χ1v) is 16.6. The Bertz CT molecular complexity index is 1760. The predicted octanol–water partition coefficient (Wildman–Crippen LogP) is 5.78. The number of aliphatic hydroxyl groups is 1. The number of benzene rings is 1. The van der Waals surface area contributed by atoms with Gasteiger partial charge in [0, 0.05) is 29.9 Å². The Labute approximate surface area is 282 Å². The summed E-state index contributed by atoms with van der Waals surface area (Å²) in [6.07, 6.45) is 3.99. The molecule has 12 nitrogen and oxygen atoms in total. The van der Waals surface area contributed by atoms with Crippen LogP contribution in [0.25, 0.3) is 5.65 Å². The number of rotatable bonds is 11. The zero-order valence-electron chi connectivity index (χ0n) is 29.1. The molecule has 0 spiro atoms. The van der Waals surface area contributed by atoms with Gasteiger partial charge in [-0.05, 0) is 56.1 Å². The largest absolute Gasteiger partial charge is 0.484 e. The number of likely N-dealkylation sites (N-methyl/N-ethyl adjacent to an activating group) is 1. The number of aliphatic hydroxyl groups excluding tert-OH is 1. The molecule has 12 heteroatoms. The minimum Gasteiger partial charge on any atom is -0.484 e. The van der Waals surface area contributed by atoms with E-state index in [2.05, 4.69) is 51.6 Å². The maximum absolute atomic E-state index is 13.4. The Morgan fingerprint density at radius 3 is 2.44 bits per heavy atom. The second kappa shape index (κ2) is 14.4. The van der Waals surface area contributed by atoms with E-state index >= 15 is 0 Å². The van der Waals surface area contributed by atoms with Crippen molar-refractivity contribution in [1.82, 2.24) is 34.8 Å². The molecule has 1 aromatic carbocycles. The van der Waals surface area contributed by atoms with E-state index in [9.17, 15) is 9.59 Å². The van der Waals surface area contributed by atoms with Crippen LogP contribution in [0.4, 0.5) is 10.6 Å². The molecule has 3 N–H and O–H groups in total. The van der Waals surface area contributed by atoms with Crippen LogP contribution in [-0.2, 0) is 10.8 Å². The molecular weight excluding hydrogens is 608 g/mol. The number of ether oxygens (including phenoxy) is 1. The van der Waals surface area contributed by atoms with Crippen LogP contribution in [0.15, 0.2) is 48.7 Å². The van der Waals surface area contributed by atoms with E-state index in [-0.39, 0.29) is 53.4 Å². The molecule has 0 saturated carbocycles. The molecule has 0 radical (unpaired) electrons. The molecule has 0 unspecified atom stereocenters. The highest BCUT2D eigenvalue weighted by Gasteiger charge is 2.30. The van der Waals surface area contributed by atoms with Crippen molar-refractivity contribution in [2.24, 2.45) is 0 Å². The van der Waals surface area contributed by atoms with E-state index in [1.165, 1.54) is 0 Å². The fourth-order valence-corrected chi connectivity index (χ4v) is 5.87. The number of urea groups is 1. The van der Waals surface area contributed by atoms with Crippen LogP contribution < -0.4 is 15.4 Å². The van der Waals surface area contributed by atoms with Crippen molar-refractivity contribution in [3.63, 3.8) is 0 Å². The lowest BCUT2D eigenvalue weighted by molar-refractivity contribution is 0.0964. The van der Waals surface area contributed by atoms with Gasteiger partial charge in [-0.15, -0.1) is 10.2 Å². The molecule has 2 atom stereocenters. The number of ketones is 1. The number of fused-ring (bicyclic) bond motifs is 2. The number of amides is 2. The maximum atomic E-state index is 13.4. The molecule has 0 aliphatic heterocycles. The van der Waals surface area contributed by atoms with Crippen LogP contribution >= 0.6 is 0 Å². The fraction of sp³-hybridized carbons (Fsp3) is 0.500. The summed E-state index contributed by atoms with van der Waals surface area (Å²) < 4.78 is 8.52. The van der Waals surface area contributed by atoms with Gasteiger partial charge in [0.1, 0.15) is 23.5 Å². The molecule has 1 aliphatic rings. The lowest BCUT2D eigenvalue weighted by Gasteiger charge is -2.32. The van der Waals surface area contributed by atoms with Gasteiger partial charge in [-0.25, -0.2) is 14.8 Å². The number of carbonyl (C=O) groups excluding carboxylic acids is 2. The van der Waals surface area contributed by atoms with Crippen LogP contribution in [0.1, 0.15) is 113 Å².